The number of methoxy groups -OCH3 is 1. The van der Waals surface area contributed by atoms with Gasteiger partial charge in [-0.2, -0.15) is 0 Å². The molecule has 2 N–H and O–H groups in total. The first kappa shape index (κ1) is 12.4. The van der Waals surface area contributed by atoms with Crippen LogP contribution in [0.1, 0.15) is 34.1 Å². The van der Waals surface area contributed by atoms with Gasteiger partial charge in [-0.3, -0.25) is 4.79 Å². The lowest BCUT2D eigenvalue weighted by molar-refractivity contribution is -0.144. The molecule has 0 aliphatic carbocycles. The molecular formula is C10H21NO2. The molecule has 0 atom stereocenters. The molecule has 78 valence electrons. The Morgan fingerprint density at radius 3 is 2.00 bits per heavy atom. The molecule has 13 heavy (non-hydrogen) atoms. The lowest BCUT2D eigenvalue weighted by Crippen LogP contribution is -2.40. The third kappa shape index (κ3) is 2.99. The fraction of sp³-hybridized carbons (Fsp3) is 0.900. The molecule has 0 radical (unpaired) electrons. The number of rotatable bonds is 4. The Morgan fingerprint density at radius 1 is 1.23 bits per heavy atom. The van der Waals surface area contributed by atoms with Gasteiger partial charge in [0.1, 0.15) is 0 Å². The summed E-state index contributed by atoms with van der Waals surface area (Å²) in [6.07, 6.45) is 0.410. The van der Waals surface area contributed by atoms with Gasteiger partial charge in [-0.25, -0.2) is 0 Å². The molecule has 0 rings (SSSR count). The van der Waals surface area contributed by atoms with Crippen LogP contribution in [0.3, 0.4) is 0 Å². The molecule has 0 aromatic carbocycles. The van der Waals surface area contributed by atoms with Crippen LogP contribution in [0.4, 0.5) is 0 Å². The van der Waals surface area contributed by atoms with Crippen molar-refractivity contribution in [2.75, 3.05) is 13.7 Å². The highest BCUT2D eigenvalue weighted by Gasteiger charge is 2.37. The maximum Gasteiger partial charge on any atom is 0.306 e. The van der Waals surface area contributed by atoms with Crippen molar-refractivity contribution in [2.45, 2.75) is 34.1 Å². The third-order valence-corrected chi connectivity index (χ3v) is 3.16. The van der Waals surface area contributed by atoms with E-state index in [0.717, 1.165) is 0 Å². The number of hydrogen-bond acceptors (Lipinski definition) is 3. The standard InChI is InChI=1S/C10H21NO2/c1-9(2,6-8(12)13-5)10(3,4)7-11/h6-7,11H2,1-5H3. The summed E-state index contributed by atoms with van der Waals surface area (Å²) in [7, 11) is 1.41. The van der Waals surface area contributed by atoms with Crippen molar-refractivity contribution < 1.29 is 9.53 Å². The highest BCUT2D eigenvalue weighted by Crippen LogP contribution is 2.40. The van der Waals surface area contributed by atoms with Gasteiger partial charge in [0.05, 0.1) is 13.5 Å². The van der Waals surface area contributed by atoms with Crippen molar-refractivity contribution >= 4 is 5.97 Å². The van der Waals surface area contributed by atoms with Crippen molar-refractivity contribution in [3.63, 3.8) is 0 Å². The van der Waals surface area contributed by atoms with Crippen LogP contribution in [-0.2, 0) is 9.53 Å². The zero-order chi connectivity index (χ0) is 10.7. The molecule has 0 heterocycles. The van der Waals surface area contributed by atoms with Crippen molar-refractivity contribution in [3.8, 4) is 0 Å². The predicted octanol–water partition coefficient (Wildman–Crippen LogP) is 1.56. The van der Waals surface area contributed by atoms with Crippen molar-refractivity contribution in [3.05, 3.63) is 0 Å². The van der Waals surface area contributed by atoms with E-state index in [4.69, 9.17) is 5.73 Å². The summed E-state index contributed by atoms with van der Waals surface area (Å²) in [5.41, 5.74) is 5.47. The Labute approximate surface area is 80.6 Å². The van der Waals surface area contributed by atoms with E-state index in [2.05, 4.69) is 18.6 Å². The number of nitrogens with two attached hydrogens (primary N) is 1. The first-order valence-electron chi connectivity index (χ1n) is 4.54. The molecule has 0 bridgehead atoms. The van der Waals surface area contributed by atoms with Crippen LogP contribution in [-0.4, -0.2) is 19.6 Å². The SMILES string of the molecule is COC(=O)CC(C)(C)C(C)(C)CN. The van der Waals surface area contributed by atoms with Gasteiger partial charge in [0, 0.05) is 0 Å². The average Bonchev–Trinajstić information content (AvgIpc) is 2.03. The summed E-state index contributed by atoms with van der Waals surface area (Å²) in [5, 5.41) is 0. The second kappa shape index (κ2) is 4.09. The smallest absolute Gasteiger partial charge is 0.306 e. The first-order valence-corrected chi connectivity index (χ1v) is 4.54. The van der Waals surface area contributed by atoms with E-state index in [0.29, 0.717) is 13.0 Å². The third-order valence-electron chi connectivity index (χ3n) is 3.16. The van der Waals surface area contributed by atoms with E-state index in [-0.39, 0.29) is 16.8 Å². The zero-order valence-electron chi connectivity index (χ0n) is 9.31. The molecule has 0 amide bonds. The van der Waals surface area contributed by atoms with Crippen LogP contribution in [0.2, 0.25) is 0 Å². The molecule has 0 saturated heterocycles. The van der Waals surface area contributed by atoms with E-state index >= 15 is 0 Å². The molecule has 0 unspecified atom stereocenters. The van der Waals surface area contributed by atoms with E-state index < -0.39 is 0 Å². The Hall–Kier alpha value is -0.570. The fourth-order valence-corrected chi connectivity index (χ4v) is 0.949. The van der Waals surface area contributed by atoms with E-state index in [9.17, 15) is 4.79 Å². The van der Waals surface area contributed by atoms with Crippen LogP contribution in [0, 0.1) is 10.8 Å². The molecule has 0 fully saturated rings. The van der Waals surface area contributed by atoms with E-state index in [1.54, 1.807) is 0 Å². The maximum atomic E-state index is 11.1. The predicted molar refractivity (Wildman–Crippen MR) is 53.2 cm³/mol. The minimum Gasteiger partial charge on any atom is -0.469 e. The molecule has 0 aromatic rings. The molecule has 0 aliphatic rings. The minimum absolute atomic E-state index is 0.0544. The number of hydrogen-bond donors (Lipinski definition) is 1. The summed E-state index contributed by atoms with van der Waals surface area (Å²) in [4.78, 5) is 11.1. The quantitative estimate of drug-likeness (QED) is 0.679. The lowest BCUT2D eigenvalue weighted by Gasteiger charge is -2.40. The summed E-state index contributed by atoms with van der Waals surface area (Å²) < 4.78 is 4.65. The van der Waals surface area contributed by atoms with Crippen molar-refractivity contribution in [1.82, 2.24) is 0 Å². The van der Waals surface area contributed by atoms with Gasteiger partial charge in [-0.15, -0.1) is 0 Å². The van der Waals surface area contributed by atoms with Crippen molar-refractivity contribution in [2.24, 2.45) is 16.6 Å². The average molecular weight is 187 g/mol. The van der Waals surface area contributed by atoms with Crippen LogP contribution in [0.15, 0.2) is 0 Å². The van der Waals surface area contributed by atoms with Crippen molar-refractivity contribution in [1.29, 1.82) is 0 Å². The molecule has 0 spiro atoms. The van der Waals surface area contributed by atoms with Gasteiger partial charge in [0.15, 0.2) is 0 Å². The molecule has 3 nitrogen and oxygen atoms in total. The van der Waals surface area contributed by atoms with Crippen LogP contribution in [0.5, 0.6) is 0 Å². The van der Waals surface area contributed by atoms with Crippen LogP contribution >= 0.6 is 0 Å². The molecule has 0 saturated carbocycles. The molecular weight excluding hydrogens is 166 g/mol. The highest BCUT2D eigenvalue weighted by molar-refractivity contribution is 5.70. The normalized spacial score (nSPS) is 12.8. The topological polar surface area (TPSA) is 52.3 Å². The lowest BCUT2D eigenvalue weighted by atomic mass is 9.66. The van der Waals surface area contributed by atoms with Crippen LogP contribution in [0.25, 0.3) is 0 Å². The second-order valence-electron chi connectivity index (χ2n) is 4.72. The Kier molecular flexibility index (Phi) is 3.91. The Balaban J connectivity index is 4.47. The van der Waals surface area contributed by atoms with Gasteiger partial charge < -0.3 is 10.5 Å². The Bertz CT molecular complexity index is 185. The van der Waals surface area contributed by atoms with Crippen LogP contribution < -0.4 is 5.73 Å². The molecule has 0 aromatic heterocycles. The number of ether oxygens (including phenoxy) is 1. The summed E-state index contributed by atoms with van der Waals surface area (Å²) in [6, 6.07) is 0. The minimum atomic E-state index is -0.175. The number of esters is 1. The van der Waals surface area contributed by atoms with Gasteiger partial charge in [-0.1, -0.05) is 27.7 Å². The van der Waals surface area contributed by atoms with Gasteiger partial charge in [-0.05, 0) is 17.4 Å². The number of carbonyl (C=O) groups is 1. The van der Waals surface area contributed by atoms with E-state index in [1.807, 2.05) is 13.8 Å². The highest BCUT2D eigenvalue weighted by atomic mass is 16.5. The summed E-state index contributed by atoms with van der Waals surface area (Å²) in [6.45, 7) is 8.77. The Morgan fingerprint density at radius 2 is 1.69 bits per heavy atom. The fourth-order valence-electron chi connectivity index (χ4n) is 0.949. The largest absolute Gasteiger partial charge is 0.469 e. The van der Waals surface area contributed by atoms with Gasteiger partial charge in [0.2, 0.25) is 0 Å². The maximum absolute atomic E-state index is 11.1. The number of carbonyl (C=O) groups excluding carboxylic acids is 1. The van der Waals surface area contributed by atoms with Gasteiger partial charge in [0.25, 0.3) is 0 Å². The molecule has 0 aliphatic heterocycles. The second-order valence-corrected chi connectivity index (χ2v) is 4.72. The molecule has 3 heteroatoms. The van der Waals surface area contributed by atoms with Gasteiger partial charge >= 0.3 is 5.97 Å². The summed E-state index contributed by atoms with van der Waals surface area (Å²) >= 11 is 0. The summed E-state index contributed by atoms with van der Waals surface area (Å²) in [5.74, 6) is -0.175. The van der Waals surface area contributed by atoms with E-state index in [1.165, 1.54) is 7.11 Å². The monoisotopic (exact) mass is 187 g/mol. The first-order chi connectivity index (χ1) is 5.77. The zero-order valence-corrected chi connectivity index (χ0v) is 9.31.